The van der Waals surface area contributed by atoms with Gasteiger partial charge in [0.2, 0.25) is 5.89 Å². The number of nitrogens with zero attached hydrogens (tertiary/aromatic N) is 5. The molecule has 0 bridgehead atoms. The number of aryl methyl sites for hydroxylation is 1. The summed E-state index contributed by atoms with van der Waals surface area (Å²) in [5.74, 6) is 2.25. The number of likely N-dealkylation sites (tertiary alicyclic amines) is 2. The standard InChI is InChI=1S/C21H31N5O4/c1-13(2)19-22-18(24-30-19)16-10-21(12-25(16)4)6-8-26(9-7-21)20(27)17-15(11-28-5)14(3)29-23-17/h13,16H,6-12H2,1-5H3. The van der Waals surface area contributed by atoms with Gasteiger partial charge in [-0.15, -0.1) is 0 Å². The van der Waals surface area contributed by atoms with E-state index in [-0.39, 0.29) is 23.3 Å². The van der Waals surface area contributed by atoms with Crippen LogP contribution in [0.15, 0.2) is 9.05 Å². The summed E-state index contributed by atoms with van der Waals surface area (Å²) in [5.41, 5.74) is 1.28. The minimum absolute atomic E-state index is 0.0728. The summed E-state index contributed by atoms with van der Waals surface area (Å²) in [4.78, 5) is 21.9. The van der Waals surface area contributed by atoms with Crippen LogP contribution in [0.4, 0.5) is 0 Å². The molecule has 2 aromatic rings. The van der Waals surface area contributed by atoms with Crippen molar-refractivity contribution in [1.82, 2.24) is 25.1 Å². The van der Waals surface area contributed by atoms with E-state index in [0.717, 1.165) is 37.2 Å². The zero-order valence-electron chi connectivity index (χ0n) is 18.5. The highest BCUT2D eigenvalue weighted by Crippen LogP contribution is 2.48. The Kier molecular flexibility index (Phi) is 5.67. The van der Waals surface area contributed by atoms with E-state index in [1.54, 1.807) is 14.0 Å². The maximum Gasteiger partial charge on any atom is 0.276 e. The van der Waals surface area contributed by atoms with Gasteiger partial charge in [0.05, 0.1) is 18.2 Å². The second kappa shape index (κ2) is 8.11. The average Bonchev–Trinajstić information content (AvgIpc) is 3.41. The summed E-state index contributed by atoms with van der Waals surface area (Å²) in [5, 5.41) is 8.23. The van der Waals surface area contributed by atoms with Crippen molar-refractivity contribution >= 4 is 5.91 Å². The number of aromatic nitrogens is 3. The minimum Gasteiger partial charge on any atom is -0.380 e. The summed E-state index contributed by atoms with van der Waals surface area (Å²) >= 11 is 0. The Hall–Kier alpha value is -2.26. The van der Waals surface area contributed by atoms with E-state index in [9.17, 15) is 4.79 Å². The fraction of sp³-hybridized carbons (Fsp3) is 0.714. The lowest BCUT2D eigenvalue weighted by Crippen LogP contribution is -2.44. The van der Waals surface area contributed by atoms with Crippen molar-refractivity contribution in [3.63, 3.8) is 0 Å². The van der Waals surface area contributed by atoms with E-state index < -0.39 is 0 Å². The van der Waals surface area contributed by atoms with Gasteiger partial charge in [-0.3, -0.25) is 9.69 Å². The molecule has 0 aliphatic carbocycles. The molecule has 1 amide bonds. The normalized spacial score (nSPS) is 21.8. The van der Waals surface area contributed by atoms with Gasteiger partial charge < -0.3 is 18.7 Å². The number of hydrogen-bond donors (Lipinski definition) is 0. The first-order chi connectivity index (χ1) is 14.3. The van der Waals surface area contributed by atoms with Crippen LogP contribution in [0, 0.1) is 12.3 Å². The van der Waals surface area contributed by atoms with E-state index in [4.69, 9.17) is 13.8 Å². The van der Waals surface area contributed by atoms with Crippen molar-refractivity contribution in [2.45, 2.75) is 58.6 Å². The first kappa shape index (κ1) is 21.0. The highest BCUT2D eigenvalue weighted by atomic mass is 16.5. The number of carbonyl (C=O) groups is 1. The van der Waals surface area contributed by atoms with Crippen molar-refractivity contribution < 1.29 is 18.6 Å². The van der Waals surface area contributed by atoms with Crippen molar-refractivity contribution in [2.24, 2.45) is 5.41 Å². The molecule has 2 aliphatic heterocycles. The Bertz CT molecular complexity index is 897. The molecule has 1 atom stereocenters. The first-order valence-electron chi connectivity index (χ1n) is 10.6. The molecule has 2 fully saturated rings. The second-order valence-electron chi connectivity index (χ2n) is 9.07. The molecule has 9 heteroatoms. The quantitative estimate of drug-likeness (QED) is 0.732. The molecule has 4 heterocycles. The smallest absolute Gasteiger partial charge is 0.276 e. The first-order valence-corrected chi connectivity index (χ1v) is 10.6. The largest absolute Gasteiger partial charge is 0.380 e. The highest BCUT2D eigenvalue weighted by molar-refractivity contribution is 5.93. The molecule has 1 spiro atoms. The Morgan fingerprint density at radius 1 is 1.27 bits per heavy atom. The molecule has 30 heavy (non-hydrogen) atoms. The third-order valence-electron chi connectivity index (χ3n) is 6.58. The molecule has 0 radical (unpaired) electrons. The van der Waals surface area contributed by atoms with Gasteiger partial charge >= 0.3 is 0 Å². The maximum atomic E-state index is 13.0. The molecule has 1 unspecified atom stereocenters. The van der Waals surface area contributed by atoms with Gasteiger partial charge in [0.1, 0.15) is 5.76 Å². The van der Waals surface area contributed by atoms with Crippen LogP contribution in [0.25, 0.3) is 0 Å². The fourth-order valence-corrected chi connectivity index (χ4v) is 4.74. The lowest BCUT2D eigenvalue weighted by molar-refractivity contribution is 0.0580. The van der Waals surface area contributed by atoms with E-state index in [1.165, 1.54) is 0 Å². The number of rotatable bonds is 5. The van der Waals surface area contributed by atoms with Crippen LogP contribution in [0.5, 0.6) is 0 Å². The van der Waals surface area contributed by atoms with Crippen LogP contribution in [-0.4, -0.2) is 64.8 Å². The van der Waals surface area contributed by atoms with Gasteiger partial charge in [-0.05, 0) is 38.6 Å². The summed E-state index contributed by atoms with van der Waals surface area (Å²) < 4.78 is 15.9. The molecule has 0 saturated carbocycles. The molecular weight excluding hydrogens is 386 g/mol. The zero-order chi connectivity index (χ0) is 21.5. The van der Waals surface area contributed by atoms with Crippen molar-refractivity contribution in [3.05, 3.63) is 28.7 Å². The van der Waals surface area contributed by atoms with Crippen LogP contribution < -0.4 is 0 Å². The Labute approximate surface area is 176 Å². The van der Waals surface area contributed by atoms with Crippen molar-refractivity contribution in [1.29, 1.82) is 0 Å². The molecule has 164 valence electrons. The molecule has 4 rings (SSSR count). The van der Waals surface area contributed by atoms with E-state index in [2.05, 4.69) is 41.1 Å². The van der Waals surface area contributed by atoms with Gasteiger partial charge in [0.25, 0.3) is 5.91 Å². The van der Waals surface area contributed by atoms with Gasteiger partial charge in [0, 0.05) is 32.7 Å². The second-order valence-corrected chi connectivity index (χ2v) is 9.07. The molecule has 9 nitrogen and oxygen atoms in total. The van der Waals surface area contributed by atoms with Crippen LogP contribution in [-0.2, 0) is 11.3 Å². The average molecular weight is 418 g/mol. The van der Waals surface area contributed by atoms with Crippen molar-refractivity contribution in [2.75, 3.05) is 33.8 Å². The third kappa shape index (κ3) is 3.76. The molecular formula is C21H31N5O4. The number of piperidine rings is 1. The third-order valence-corrected chi connectivity index (χ3v) is 6.58. The van der Waals surface area contributed by atoms with Gasteiger partial charge in [0.15, 0.2) is 11.5 Å². The lowest BCUT2D eigenvalue weighted by atomic mass is 9.76. The minimum atomic E-state index is -0.0728. The van der Waals surface area contributed by atoms with Crippen LogP contribution in [0.1, 0.15) is 78.6 Å². The summed E-state index contributed by atoms with van der Waals surface area (Å²) in [6.45, 7) is 8.63. The summed E-state index contributed by atoms with van der Waals surface area (Å²) in [7, 11) is 3.73. The van der Waals surface area contributed by atoms with Crippen LogP contribution >= 0.6 is 0 Å². The van der Waals surface area contributed by atoms with Gasteiger partial charge in [-0.2, -0.15) is 4.98 Å². The topological polar surface area (TPSA) is 97.7 Å². The van der Waals surface area contributed by atoms with Crippen LogP contribution in [0.2, 0.25) is 0 Å². The lowest BCUT2D eigenvalue weighted by Gasteiger charge is -2.39. The SMILES string of the molecule is COCc1c(C(=O)N2CCC3(CC2)CC(c2noc(C(C)C)n2)N(C)C3)noc1C. The molecule has 2 aliphatic rings. The highest BCUT2D eigenvalue weighted by Gasteiger charge is 2.47. The molecule has 2 saturated heterocycles. The Morgan fingerprint density at radius 2 is 2.00 bits per heavy atom. The van der Waals surface area contributed by atoms with Gasteiger partial charge in [-0.25, -0.2) is 0 Å². The number of ether oxygens (including phenoxy) is 1. The predicted octanol–water partition coefficient (Wildman–Crippen LogP) is 2.94. The van der Waals surface area contributed by atoms with Gasteiger partial charge in [-0.1, -0.05) is 24.2 Å². The number of carbonyl (C=O) groups excluding carboxylic acids is 1. The Morgan fingerprint density at radius 3 is 2.63 bits per heavy atom. The predicted molar refractivity (Wildman–Crippen MR) is 108 cm³/mol. The summed E-state index contributed by atoms with van der Waals surface area (Å²) in [6.07, 6.45) is 2.89. The monoisotopic (exact) mass is 417 g/mol. The maximum absolute atomic E-state index is 13.0. The number of methoxy groups -OCH3 is 1. The zero-order valence-corrected chi connectivity index (χ0v) is 18.5. The molecule has 0 aromatic carbocycles. The summed E-state index contributed by atoms with van der Waals surface area (Å²) in [6, 6.07) is 0.162. The Balaban J connectivity index is 1.42. The number of amides is 1. The molecule has 0 N–H and O–H groups in total. The molecule has 2 aromatic heterocycles. The van der Waals surface area contributed by atoms with E-state index in [1.807, 2.05) is 4.90 Å². The number of hydrogen-bond acceptors (Lipinski definition) is 8. The van der Waals surface area contributed by atoms with Crippen LogP contribution in [0.3, 0.4) is 0 Å². The van der Waals surface area contributed by atoms with E-state index in [0.29, 0.717) is 37.0 Å². The van der Waals surface area contributed by atoms with Crippen molar-refractivity contribution in [3.8, 4) is 0 Å². The fourth-order valence-electron chi connectivity index (χ4n) is 4.74. The van der Waals surface area contributed by atoms with E-state index >= 15 is 0 Å².